The molecule has 3 nitrogen and oxygen atoms in total. The second-order valence-corrected chi connectivity index (χ2v) is 5.67. The number of hydrogen-bond acceptors (Lipinski definition) is 3. The molecule has 0 aromatic heterocycles. The number of carboxylic acids is 1. The minimum Gasteiger partial charge on any atom is -0.480 e. The van der Waals surface area contributed by atoms with Crippen LogP contribution in [0.3, 0.4) is 0 Å². The van der Waals surface area contributed by atoms with Crippen LogP contribution in [0.25, 0.3) is 0 Å². The first-order chi connectivity index (χ1) is 8.52. The maximum atomic E-state index is 10.6. The third kappa shape index (κ3) is 5.48. The Kier molecular flexibility index (Phi) is 6.86. The number of rotatable bonds is 7. The van der Waals surface area contributed by atoms with Gasteiger partial charge in [-0.1, -0.05) is 30.1 Å². The fourth-order valence-corrected chi connectivity index (χ4v) is 2.92. The van der Waals surface area contributed by atoms with E-state index in [4.69, 9.17) is 28.3 Å². The lowest BCUT2D eigenvalue weighted by molar-refractivity contribution is -0.138. The summed E-state index contributed by atoms with van der Waals surface area (Å²) in [6.45, 7) is 3.44. The number of nitrogens with zero attached hydrogens (tertiary/aromatic N) is 1. The van der Waals surface area contributed by atoms with Crippen LogP contribution in [-0.2, 0) is 4.79 Å². The van der Waals surface area contributed by atoms with Crippen molar-refractivity contribution >= 4 is 40.9 Å². The Morgan fingerprint density at radius 2 is 2.17 bits per heavy atom. The second-order valence-electron chi connectivity index (χ2n) is 3.69. The number of hydrogen-bond donors (Lipinski definition) is 1. The minimum absolute atomic E-state index is 0.0698. The van der Waals surface area contributed by atoms with Gasteiger partial charge >= 0.3 is 5.97 Å². The molecule has 1 aromatic carbocycles. The molecule has 0 amide bonds. The van der Waals surface area contributed by atoms with Gasteiger partial charge in [0.25, 0.3) is 0 Å². The van der Waals surface area contributed by atoms with Crippen LogP contribution in [0.1, 0.15) is 6.92 Å². The lowest BCUT2D eigenvalue weighted by atomic mass is 10.4. The van der Waals surface area contributed by atoms with Crippen LogP contribution in [-0.4, -0.2) is 41.4 Å². The standard InChI is InChI=1S/C12H15Cl2NO2S/c1-2-15(8-12(16)17)5-6-18-11-7-9(13)3-4-10(11)14/h3-4,7H,2,5-6,8H2,1H3,(H,16,17). The number of carbonyl (C=O) groups is 1. The van der Waals surface area contributed by atoms with Crippen molar-refractivity contribution in [2.75, 3.05) is 25.4 Å². The highest BCUT2D eigenvalue weighted by Gasteiger charge is 2.08. The Hall–Kier alpha value is -0.420. The second kappa shape index (κ2) is 7.89. The highest BCUT2D eigenvalue weighted by molar-refractivity contribution is 7.99. The predicted molar refractivity (Wildman–Crippen MR) is 76.9 cm³/mol. The van der Waals surface area contributed by atoms with Crippen molar-refractivity contribution < 1.29 is 9.90 Å². The Morgan fingerprint density at radius 1 is 1.44 bits per heavy atom. The molecule has 18 heavy (non-hydrogen) atoms. The molecule has 100 valence electrons. The van der Waals surface area contributed by atoms with E-state index in [1.54, 1.807) is 23.9 Å². The molecule has 6 heteroatoms. The summed E-state index contributed by atoms with van der Waals surface area (Å²) in [4.78, 5) is 13.4. The highest BCUT2D eigenvalue weighted by Crippen LogP contribution is 2.29. The zero-order valence-corrected chi connectivity index (χ0v) is 12.4. The Labute approximate surface area is 121 Å². The molecule has 0 radical (unpaired) electrons. The van der Waals surface area contributed by atoms with Crippen molar-refractivity contribution in [1.29, 1.82) is 0 Å². The van der Waals surface area contributed by atoms with Crippen LogP contribution in [0.2, 0.25) is 10.0 Å². The van der Waals surface area contributed by atoms with E-state index in [1.165, 1.54) is 0 Å². The van der Waals surface area contributed by atoms with Gasteiger partial charge in [0.15, 0.2) is 0 Å². The molecule has 0 fully saturated rings. The predicted octanol–water partition coefficient (Wildman–Crippen LogP) is 3.49. The lowest BCUT2D eigenvalue weighted by Gasteiger charge is -2.17. The van der Waals surface area contributed by atoms with Gasteiger partial charge in [0, 0.05) is 22.2 Å². The van der Waals surface area contributed by atoms with Gasteiger partial charge in [-0.2, -0.15) is 0 Å². The van der Waals surface area contributed by atoms with Gasteiger partial charge in [-0.3, -0.25) is 9.69 Å². The van der Waals surface area contributed by atoms with Crippen LogP contribution in [0.5, 0.6) is 0 Å². The van der Waals surface area contributed by atoms with E-state index in [0.717, 1.165) is 17.2 Å². The molecule has 1 rings (SSSR count). The molecule has 0 aliphatic carbocycles. The number of likely N-dealkylation sites (N-methyl/N-ethyl adjacent to an activating group) is 1. The number of thioether (sulfide) groups is 1. The first-order valence-electron chi connectivity index (χ1n) is 5.55. The molecule has 0 spiro atoms. The van der Waals surface area contributed by atoms with E-state index in [-0.39, 0.29) is 6.54 Å². The average molecular weight is 308 g/mol. The molecule has 0 heterocycles. The monoisotopic (exact) mass is 307 g/mol. The first kappa shape index (κ1) is 15.6. The van der Waals surface area contributed by atoms with Crippen molar-refractivity contribution in [3.8, 4) is 0 Å². The summed E-state index contributed by atoms with van der Waals surface area (Å²) >= 11 is 13.5. The molecule has 0 bridgehead atoms. The van der Waals surface area contributed by atoms with Gasteiger partial charge in [-0.05, 0) is 24.7 Å². The van der Waals surface area contributed by atoms with Crippen LogP contribution in [0, 0.1) is 0 Å². The molecule has 0 aliphatic rings. The maximum Gasteiger partial charge on any atom is 0.317 e. The minimum atomic E-state index is -0.803. The van der Waals surface area contributed by atoms with Crippen molar-refractivity contribution in [3.05, 3.63) is 28.2 Å². The fourth-order valence-electron chi connectivity index (χ4n) is 1.41. The van der Waals surface area contributed by atoms with E-state index in [2.05, 4.69) is 0 Å². The van der Waals surface area contributed by atoms with Gasteiger partial charge in [0.05, 0.1) is 11.6 Å². The summed E-state index contributed by atoms with van der Waals surface area (Å²) in [5.41, 5.74) is 0. The van der Waals surface area contributed by atoms with Crippen molar-refractivity contribution in [2.24, 2.45) is 0 Å². The molecule has 1 N–H and O–H groups in total. The summed E-state index contributed by atoms with van der Waals surface area (Å²) < 4.78 is 0. The van der Waals surface area contributed by atoms with Crippen LogP contribution in [0.4, 0.5) is 0 Å². The fraction of sp³-hybridized carbons (Fsp3) is 0.417. The summed E-state index contributed by atoms with van der Waals surface area (Å²) in [5, 5.41) is 10.0. The number of carboxylic acid groups (broad SMARTS) is 1. The van der Waals surface area contributed by atoms with Crippen molar-refractivity contribution in [1.82, 2.24) is 4.90 Å². The summed E-state index contributed by atoms with van der Waals surface area (Å²) in [7, 11) is 0. The Bertz CT molecular complexity index is 415. The molecule has 0 saturated carbocycles. The molecule has 0 atom stereocenters. The van der Waals surface area contributed by atoms with Gasteiger partial charge in [0.2, 0.25) is 0 Å². The normalized spacial score (nSPS) is 10.9. The van der Waals surface area contributed by atoms with Crippen LogP contribution >= 0.6 is 35.0 Å². The van der Waals surface area contributed by atoms with Crippen LogP contribution < -0.4 is 0 Å². The van der Waals surface area contributed by atoms with Gasteiger partial charge in [0.1, 0.15) is 0 Å². The Balaban J connectivity index is 2.45. The molecule has 0 aliphatic heterocycles. The number of aliphatic carboxylic acids is 1. The zero-order chi connectivity index (χ0) is 13.5. The average Bonchev–Trinajstić information content (AvgIpc) is 2.31. The number of halogens is 2. The van der Waals surface area contributed by atoms with Gasteiger partial charge in [-0.15, -0.1) is 11.8 Å². The Morgan fingerprint density at radius 3 is 2.78 bits per heavy atom. The van der Waals surface area contributed by atoms with Gasteiger partial charge in [-0.25, -0.2) is 0 Å². The maximum absolute atomic E-state index is 10.6. The summed E-state index contributed by atoms with van der Waals surface area (Å²) in [5.74, 6) is -0.0242. The quantitative estimate of drug-likeness (QED) is 0.783. The zero-order valence-electron chi connectivity index (χ0n) is 10.0. The lowest BCUT2D eigenvalue weighted by Crippen LogP contribution is -2.31. The van der Waals surface area contributed by atoms with E-state index in [1.807, 2.05) is 17.9 Å². The summed E-state index contributed by atoms with van der Waals surface area (Å²) in [6.07, 6.45) is 0. The van der Waals surface area contributed by atoms with Crippen LogP contribution in [0.15, 0.2) is 23.1 Å². The largest absolute Gasteiger partial charge is 0.480 e. The molecule has 0 unspecified atom stereocenters. The smallest absolute Gasteiger partial charge is 0.317 e. The third-order valence-corrected chi connectivity index (χ3v) is 4.08. The molecule has 1 aromatic rings. The number of benzene rings is 1. The topological polar surface area (TPSA) is 40.5 Å². The first-order valence-corrected chi connectivity index (χ1v) is 7.29. The van der Waals surface area contributed by atoms with E-state index in [9.17, 15) is 4.79 Å². The highest BCUT2D eigenvalue weighted by atomic mass is 35.5. The van der Waals surface area contributed by atoms with E-state index in [0.29, 0.717) is 16.6 Å². The van der Waals surface area contributed by atoms with E-state index >= 15 is 0 Å². The third-order valence-electron chi connectivity index (χ3n) is 2.36. The van der Waals surface area contributed by atoms with Crippen molar-refractivity contribution in [3.63, 3.8) is 0 Å². The summed E-state index contributed by atoms with van der Waals surface area (Å²) in [6, 6.07) is 5.33. The molecular formula is C12H15Cl2NO2S. The van der Waals surface area contributed by atoms with Crippen molar-refractivity contribution in [2.45, 2.75) is 11.8 Å². The molecule has 0 saturated heterocycles. The SMILES string of the molecule is CCN(CCSc1cc(Cl)ccc1Cl)CC(=O)O. The van der Waals surface area contributed by atoms with E-state index < -0.39 is 5.97 Å². The van der Waals surface area contributed by atoms with Gasteiger partial charge < -0.3 is 5.11 Å². The molecular weight excluding hydrogens is 293 g/mol.